The number of benzene rings is 2. The number of ether oxygens (including phenoxy) is 1. The summed E-state index contributed by atoms with van der Waals surface area (Å²) in [5.74, 6) is -2.08. The molecule has 6 rings (SSSR count). The van der Waals surface area contributed by atoms with Gasteiger partial charge in [-0.15, -0.1) is 0 Å². The Morgan fingerprint density at radius 1 is 1.19 bits per heavy atom. The highest BCUT2D eigenvalue weighted by molar-refractivity contribution is 6.09. The number of anilines is 1. The van der Waals surface area contributed by atoms with Crippen molar-refractivity contribution in [1.29, 1.82) is 0 Å². The largest absolute Gasteiger partial charge is 0.506 e. The molecule has 4 aromatic rings. The van der Waals surface area contributed by atoms with Gasteiger partial charge in [0, 0.05) is 47.4 Å². The molecule has 2 unspecified atom stereocenters. The summed E-state index contributed by atoms with van der Waals surface area (Å²) in [5.41, 5.74) is -0.305. The minimum absolute atomic E-state index is 0.0278. The summed E-state index contributed by atoms with van der Waals surface area (Å²) in [5, 5.41) is 10.6. The van der Waals surface area contributed by atoms with Gasteiger partial charge in [0.25, 0.3) is 5.56 Å². The van der Waals surface area contributed by atoms with Gasteiger partial charge in [-0.05, 0) is 62.1 Å². The molecule has 48 heavy (non-hydrogen) atoms. The van der Waals surface area contributed by atoms with E-state index in [1.54, 1.807) is 17.2 Å². The normalized spacial score (nSPS) is 17.7. The quantitative estimate of drug-likeness (QED) is 0.185. The molecule has 0 bridgehead atoms. The summed E-state index contributed by atoms with van der Waals surface area (Å²) >= 11 is 0. The first-order chi connectivity index (χ1) is 22.7. The number of pyridine rings is 2. The Balaban J connectivity index is 1.84. The van der Waals surface area contributed by atoms with Gasteiger partial charge < -0.3 is 19.6 Å². The molecule has 1 saturated heterocycles. The summed E-state index contributed by atoms with van der Waals surface area (Å²) in [4.78, 5) is 35.8. The van der Waals surface area contributed by atoms with E-state index in [1.807, 2.05) is 39.5 Å². The van der Waals surface area contributed by atoms with Crippen LogP contribution in [0.1, 0.15) is 56.1 Å². The highest BCUT2D eigenvalue weighted by Crippen LogP contribution is 2.51. The highest BCUT2D eigenvalue weighted by Gasteiger charge is 2.43. The molecule has 2 aromatic carbocycles. The van der Waals surface area contributed by atoms with Crippen LogP contribution in [0.3, 0.4) is 0 Å². The predicted molar refractivity (Wildman–Crippen MR) is 176 cm³/mol. The van der Waals surface area contributed by atoms with Gasteiger partial charge in [-0.1, -0.05) is 33.4 Å². The highest BCUT2D eigenvalue weighted by atomic mass is 19.4. The topological polar surface area (TPSA) is 87.9 Å². The van der Waals surface area contributed by atoms with Crippen molar-refractivity contribution in [3.05, 3.63) is 87.9 Å². The van der Waals surface area contributed by atoms with E-state index in [9.17, 15) is 14.7 Å². The average molecular weight is 665 g/mol. The summed E-state index contributed by atoms with van der Waals surface area (Å²) < 4.78 is 67.2. The summed E-state index contributed by atoms with van der Waals surface area (Å²) in [6.07, 6.45) is -1.94. The van der Waals surface area contributed by atoms with Gasteiger partial charge in [-0.2, -0.15) is 13.2 Å². The molecule has 1 fully saturated rings. The second kappa shape index (κ2) is 12.0. The molecular weight excluding hydrogens is 628 g/mol. The van der Waals surface area contributed by atoms with Crippen LogP contribution < -0.4 is 15.2 Å². The number of nitrogens with zero attached hydrogens (tertiary/aromatic N) is 4. The van der Waals surface area contributed by atoms with Crippen LogP contribution in [0.4, 0.5) is 23.2 Å². The van der Waals surface area contributed by atoms with Crippen molar-refractivity contribution in [1.82, 2.24) is 14.5 Å². The smallest absolute Gasteiger partial charge is 0.431 e. The molecule has 1 N–H and O–H groups in total. The predicted octanol–water partition coefficient (Wildman–Crippen LogP) is 6.89. The van der Waals surface area contributed by atoms with Crippen molar-refractivity contribution in [2.24, 2.45) is 0 Å². The van der Waals surface area contributed by atoms with E-state index >= 15 is 17.6 Å². The molecule has 2 aliphatic heterocycles. The van der Waals surface area contributed by atoms with Gasteiger partial charge in [0.05, 0.1) is 22.8 Å². The number of phenols is 1. The second-order valence-electron chi connectivity index (χ2n) is 12.7. The van der Waals surface area contributed by atoms with E-state index in [0.29, 0.717) is 40.2 Å². The molecule has 0 spiro atoms. The monoisotopic (exact) mass is 664 g/mol. The molecule has 2 aromatic heterocycles. The lowest BCUT2D eigenvalue weighted by Crippen LogP contribution is -2.62. The summed E-state index contributed by atoms with van der Waals surface area (Å²) in [6, 6.07) is 4.91. The van der Waals surface area contributed by atoms with Crippen LogP contribution in [0, 0.1) is 12.7 Å². The average Bonchev–Trinajstić information content (AvgIpc) is 3.03. The Hall–Kier alpha value is -4.87. The third-order valence-corrected chi connectivity index (χ3v) is 9.33. The fourth-order valence-corrected chi connectivity index (χ4v) is 7.18. The minimum Gasteiger partial charge on any atom is -0.506 e. The van der Waals surface area contributed by atoms with Crippen molar-refractivity contribution in [2.45, 2.75) is 65.2 Å². The Labute approximate surface area is 274 Å². The van der Waals surface area contributed by atoms with Gasteiger partial charge in [-0.3, -0.25) is 19.1 Å². The Morgan fingerprint density at radius 3 is 2.54 bits per heavy atom. The van der Waals surface area contributed by atoms with Gasteiger partial charge in [0.2, 0.25) is 5.91 Å². The van der Waals surface area contributed by atoms with Crippen molar-refractivity contribution in [3.63, 3.8) is 0 Å². The number of alkyl halides is 3. The van der Waals surface area contributed by atoms with Gasteiger partial charge in [0.1, 0.15) is 29.5 Å². The van der Waals surface area contributed by atoms with Crippen LogP contribution in [0.15, 0.2) is 54.0 Å². The van der Waals surface area contributed by atoms with Crippen LogP contribution in [0.5, 0.6) is 11.5 Å². The molecule has 0 saturated carbocycles. The molecule has 0 aliphatic carbocycles. The van der Waals surface area contributed by atoms with E-state index in [-0.39, 0.29) is 52.9 Å². The third-order valence-electron chi connectivity index (χ3n) is 9.33. The fourth-order valence-electron chi connectivity index (χ4n) is 7.18. The van der Waals surface area contributed by atoms with E-state index in [1.165, 1.54) is 6.08 Å². The number of amides is 1. The zero-order valence-electron chi connectivity index (χ0n) is 27.3. The Morgan fingerprint density at radius 2 is 1.92 bits per heavy atom. The van der Waals surface area contributed by atoms with Crippen molar-refractivity contribution in [2.75, 3.05) is 24.6 Å². The Kier molecular flexibility index (Phi) is 8.25. The number of phenolic OH excluding ortho intramolecular Hbond substituents is 1. The number of rotatable bonds is 5. The maximum Gasteiger partial charge on any atom is 0.431 e. The van der Waals surface area contributed by atoms with Crippen LogP contribution >= 0.6 is 0 Å². The van der Waals surface area contributed by atoms with E-state index in [4.69, 9.17) is 4.74 Å². The maximum atomic E-state index is 15.4. The number of aromatic nitrogens is 2. The number of aryl methyl sites for hydroxylation is 1. The fraction of sp³-hybridized carbons (Fsp3) is 0.361. The van der Waals surface area contributed by atoms with Gasteiger partial charge in [-0.25, -0.2) is 4.39 Å². The maximum absolute atomic E-state index is 15.4. The second-order valence-corrected chi connectivity index (χ2v) is 12.7. The van der Waals surface area contributed by atoms with E-state index in [2.05, 4.69) is 11.6 Å². The summed E-state index contributed by atoms with van der Waals surface area (Å²) in [6.45, 7) is 13.6. The van der Waals surface area contributed by atoms with E-state index in [0.717, 1.165) is 29.8 Å². The Bertz CT molecular complexity index is 2020. The molecular formula is C36H36F4N4O4. The molecule has 4 heterocycles. The van der Waals surface area contributed by atoms with E-state index < -0.39 is 40.7 Å². The SMILES string of the molecule is C=CC(=O)N1CC2COc3c(CC)c(-c4c(C)ccnc4C(C)C)c4c(=O)n(-c5c(O)cccc5F)c(C(F)(F)F)cc4c3N2CC1C. The first-order valence-electron chi connectivity index (χ1n) is 15.8. The van der Waals surface area contributed by atoms with Crippen LogP contribution in [0.25, 0.3) is 27.6 Å². The lowest BCUT2D eigenvalue weighted by Gasteiger charge is -2.49. The standard InChI is InChI=1S/C36H36F4N4O4/c1-7-22-29(28-19(5)12-13-41-31(28)18(3)4)30-23(32-34(22)48-17-21-16-42(27(46)8-2)20(6)15-43(21)32)14-26(36(38,39)40)44(35(30)47)33-24(37)10-9-11-25(33)45/h8-14,18,20-21,45H,2,7,15-17H2,1,3-6H3. The molecule has 252 valence electrons. The number of para-hydroxylation sites is 1. The number of aromatic hydroxyl groups is 1. The third kappa shape index (κ3) is 5.09. The zero-order chi connectivity index (χ0) is 34.8. The molecule has 12 heteroatoms. The van der Waals surface area contributed by atoms with Crippen molar-refractivity contribution >= 4 is 22.4 Å². The zero-order valence-corrected chi connectivity index (χ0v) is 27.3. The van der Waals surface area contributed by atoms with Gasteiger partial charge >= 0.3 is 6.18 Å². The molecule has 1 amide bonds. The first-order valence-corrected chi connectivity index (χ1v) is 15.8. The van der Waals surface area contributed by atoms with Crippen molar-refractivity contribution < 1.29 is 32.2 Å². The lowest BCUT2D eigenvalue weighted by molar-refractivity contribution is -0.142. The number of hydrogen-bond acceptors (Lipinski definition) is 6. The first kappa shape index (κ1) is 33.0. The number of piperazine rings is 1. The molecule has 2 atom stereocenters. The molecule has 8 nitrogen and oxygen atoms in total. The lowest BCUT2D eigenvalue weighted by atomic mass is 9.84. The summed E-state index contributed by atoms with van der Waals surface area (Å²) in [7, 11) is 0. The number of fused-ring (bicyclic) bond motifs is 5. The van der Waals surface area contributed by atoms with Crippen LogP contribution in [0.2, 0.25) is 0 Å². The van der Waals surface area contributed by atoms with Crippen LogP contribution in [-0.2, 0) is 17.4 Å². The molecule has 2 aliphatic rings. The number of hydrogen-bond donors (Lipinski definition) is 1. The number of carbonyl (C=O) groups is 1. The number of carbonyl (C=O) groups excluding carboxylic acids is 1. The van der Waals surface area contributed by atoms with Crippen LogP contribution in [-0.4, -0.2) is 57.2 Å². The number of halogens is 4. The van der Waals surface area contributed by atoms with Crippen molar-refractivity contribution in [3.8, 4) is 28.3 Å². The molecule has 0 radical (unpaired) electrons. The van der Waals surface area contributed by atoms with Gasteiger partial charge in [0.15, 0.2) is 5.82 Å². The minimum atomic E-state index is -5.14.